The van der Waals surface area contributed by atoms with Gasteiger partial charge in [-0.2, -0.15) is 0 Å². The maximum atomic E-state index is 2.37. The number of benzene rings is 5. The zero-order chi connectivity index (χ0) is 22.5. The van der Waals surface area contributed by atoms with E-state index in [1.165, 1.54) is 55.2 Å². The van der Waals surface area contributed by atoms with Gasteiger partial charge in [0.15, 0.2) is 0 Å². The van der Waals surface area contributed by atoms with Crippen LogP contribution in [-0.4, -0.2) is 9.13 Å². The molecule has 0 aliphatic heterocycles. The normalized spacial score (nSPS) is 11.5. The Morgan fingerprint density at radius 2 is 1.00 bits per heavy atom. The van der Waals surface area contributed by atoms with Crippen LogP contribution in [0.25, 0.3) is 55.2 Å². The molecule has 0 fully saturated rings. The molecule has 0 unspecified atom stereocenters. The molecule has 5 aromatic carbocycles. The second kappa shape index (κ2) is 7.50. The van der Waals surface area contributed by atoms with Gasteiger partial charge in [-0.3, -0.25) is 0 Å². The van der Waals surface area contributed by atoms with Crippen molar-refractivity contribution in [3.8, 4) is 22.5 Å². The summed E-state index contributed by atoms with van der Waals surface area (Å²) < 4.78 is 4.66. The summed E-state index contributed by atoms with van der Waals surface area (Å²) in [5, 5.41) is 3.86. The minimum atomic E-state index is 1.17. The molecule has 2 heterocycles. The molecule has 2 aromatic heterocycles. The molecule has 0 aliphatic carbocycles. The number of fused-ring (bicyclic) bond motifs is 5. The van der Waals surface area contributed by atoms with Crippen LogP contribution in [0.2, 0.25) is 0 Å². The van der Waals surface area contributed by atoms with Gasteiger partial charge in [0, 0.05) is 33.7 Å². The predicted octanol–water partition coefficient (Wildman–Crippen LogP) is 8.39. The van der Waals surface area contributed by atoms with Crippen LogP contribution in [0.1, 0.15) is 0 Å². The highest BCUT2D eigenvalue weighted by molar-refractivity contribution is 6.21. The van der Waals surface area contributed by atoms with Gasteiger partial charge < -0.3 is 9.13 Å². The number of aromatic nitrogens is 2. The average molecular weight is 435 g/mol. The molecule has 2 heteroatoms. The Kier molecular flexibility index (Phi) is 4.18. The Morgan fingerprint density at radius 1 is 0.382 bits per heavy atom. The molecular weight excluding hydrogens is 412 g/mol. The van der Waals surface area contributed by atoms with Crippen LogP contribution in [0, 0.1) is 0 Å². The van der Waals surface area contributed by atoms with Crippen LogP contribution < -0.4 is 0 Å². The van der Waals surface area contributed by atoms with Gasteiger partial charge in [-0.25, -0.2) is 0 Å². The summed E-state index contributed by atoms with van der Waals surface area (Å²) in [6.07, 6.45) is 2.19. The summed E-state index contributed by atoms with van der Waals surface area (Å²) in [4.78, 5) is 0. The third-order valence-corrected chi connectivity index (χ3v) is 6.77. The summed E-state index contributed by atoms with van der Waals surface area (Å²) in [6, 6.07) is 45.5. The first-order chi connectivity index (χ1) is 16.9. The van der Waals surface area contributed by atoms with Gasteiger partial charge in [-0.1, -0.05) is 78.9 Å². The van der Waals surface area contributed by atoms with E-state index in [0.29, 0.717) is 0 Å². The van der Waals surface area contributed by atoms with Gasteiger partial charge in [0.2, 0.25) is 0 Å². The maximum Gasteiger partial charge on any atom is 0.0548 e. The lowest BCUT2D eigenvalue weighted by Crippen LogP contribution is -1.94. The lowest BCUT2D eigenvalue weighted by molar-refractivity contribution is 1.13. The molecular formula is C32H22N2. The summed E-state index contributed by atoms with van der Waals surface area (Å²) in [5.74, 6) is 0. The molecule has 0 N–H and O–H groups in total. The molecule has 2 nitrogen and oxygen atoms in total. The van der Waals surface area contributed by atoms with Crippen molar-refractivity contribution >= 4 is 32.7 Å². The second-order valence-corrected chi connectivity index (χ2v) is 8.68. The monoisotopic (exact) mass is 434 g/mol. The Labute approximate surface area is 197 Å². The highest BCUT2D eigenvalue weighted by atomic mass is 15.0. The Hall–Kier alpha value is -4.56. The molecule has 7 rings (SSSR count). The third-order valence-electron chi connectivity index (χ3n) is 6.77. The van der Waals surface area contributed by atoms with Crippen molar-refractivity contribution in [3.63, 3.8) is 0 Å². The van der Waals surface area contributed by atoms with Gasteiger partial charge in [-0.05, 0) is 59.7 Å². The molecule has 0 saturated carbocycles. The van der Waals surface area contributed by atoms with Crippen LogP contribution in [0.5, 0.6) is 0 Å². The quantitative estimate of drug-likeness (QED) is 0.264. The van der Waals surface area contributed by atoms with Crippen LogP contribution >= 0.6 is 0 Å². The summed E-state index contributed by atoms with van der Waals surface area (Å²) in [7, 11) is 0. The molecule has 34 heavy (non-hydrogen) atoms. The zero-order valence-electron chi connectivity index (χ0n) is 18.6. The van der Waals surface area contributed by atoms with Crippen molar-refractivity contribution in [2.24, 2.45) is 0 Å². The number of hydrogen-bond donors (Lipinski definition) is 0. The van der Waals surface area contributed by atoms with Gasteiger partial charge in [0.1, 0.15) is 0 Å². The van der Waals surface area contributed by atoms with Crippen molar-refractivity contribution in [2.45, 2.75) is 0 Å². The van der Waals surface area contributed by atoms with E-state index < -0.39 is 0 Å². The minimum absolute atomic E-state index is 1.17. The second-order valence-electron chi connectivity index (χ2n) is 8.68. The zero-order valence-corrected chi connectivity index (χ0v) is 18.6. The highest BCUT2D eigenvalue weighted by Crippen LogP contribution is 2.37. The van der Waals surface area contributed by atoms with Crippen molar-refractivity contribution < 1.29 is 0 Å². The molecule has 0 amide bonds. The summed E-state index contributed by atoms with van der Waals surface area (Å²) in [5.41, 5.74) is 8.50. The smallest absolute Gasteiger partial charge is 0.0548 e. The predicted molar refractivity (Wildman–Crippen MR) is 143 cm³/mol. The minimum Gasteiger partial charge on any atom is -0.317 e. The van der Waals surface area contributed by atoms with Crippen LogP contribution in [-0.2, 0) is 0 Å². The SMILES string of the molecule is c1ccc(-c2ccc(-n3ccc4c5c6ccccc6n(-c6ccccc6)c5ccc43)cc2)cc1. The van der Waals surface area contributed by atoms with E-state index in [0.717, 1.165) is 0 Å². The van der Waals surface area contributed by atoms with E-state index in [4.69, 9.17) is 0 Å². The van der Waals surface area contributed by atoms with Gasteiger partial charge in [0.25, 0.3) is 0 Å². The standard InChI is InChI=1S/C32H22N2/c1-3-9-23(10-4-1)24-15-17-25(18-16-24)33-22-21-28-29(33)19-20-31-32(28)27-13-7-8-14-30(27)34(31)26-11-5-2-6-12-26/h1-22H. The number of para-hydroxylation sites is 2. The van der Waals surface area contributed by atoms with E-state index in [1.807, 2.05) is 0 Å². The largest absolute Gasteiger partial charge is 0.317 e. The third kappa shape index (κ3) is 2.82. The fraction of sp³-hybridized carbons (Fsp3) is 0. The molecule has 0 spiro atoms. The molecule has 0 atom stereocenters. The number of nitrogens with zero attached hydrogens (tertiary/aromatic N) is 2. The topological polar surface area (TPSA) is 9.86 Å². The van der Waals surface area contributed by atoms with Crippen LogP contribution in [0.3, 0.4) is 0 Å². The van der Waals surface area contributed by atoms with E-state index in [2.05, 4.69) is 143 Å². The fourth-order valence-electron chi connectivity index (χ4n) is 5.21. The average Bonchev–Trinajstić information content (AvgIpc) is 3.49. The number of rotatable bonds is 3. The molecule has 160 valence electrons. The molecule has 0 bridgehead atoms. The van der Waals surface area contributed by atoms with Crippen LogP contribution in [0.4, 0.5) is 0 Å². The molecule has 0 saturated heterocycles. The highest BCUT2D eigenvalue weighted by Gasteiger charge is 2.16. The van der Waals surface area contributed by atoms with Crippen LogP contribution in [0.15, 0.2) is 134 Å². The van der Waals surface area contributed by atoms with E-state index in [9.17, 15) is 0 Å². The van der Waals surface area contributed by atoms with Gasteiger partial charge in [-0.15, -0.1) is 0 Å². The molecule has 7 aromatic rings. The lowest BCUT2D eigenvalue weighted by atomic mass is 10.1. The molecule has 0 aliphatic rings. The van der Waals surface area contributed by atoms with E-state index in [1.54, 1.807) is 0 Å². The van der Waals surface area contributed by atoms with Gasteiger partial charge >= 0.3 is 0 Å². The van der Waals surface area contributed by atoms with Crippen molar-refractivity contribution in [1.82, 2.24) is 9.13 Å². The Balaban J connectivity index is 1.44. The molecule has 0 radical (unpaired) electrons. The first-order valence-electron chi connectivity index (χ1n) is 11.6. The van der Waals surface area contributed by atoms with Crippen molar-refractivity contribution in [1.29, 1.82) is 0 Å². The van der Waals surface area contributed by atoms with Gasteiger partial charge in [0.05, 0.1) is 16.6 Å². The van der Waals surface area contributed by atoms with E-state index >= 15 is 0 Å². The number of hydrogen-bond acceptors (Lipinski definition) is 0. The summed E-state index contributed by atoms with van der Waals surface area (Å²) >= 11 is 0. The van der Waals surface area contributed by atoms with Crippen molar-refractivity contribution in [2.75, 3.05) is 0 Å². The Bertz CT molecular complexity index is 1770. The first kappa shape index (κ1) is 19.0. The first-order valence-corrected chi connectivity index (χ1v) is 11.6. The van der Waals surface area contributed by atoms with E-state index in [-0.39, 0.29) is 0 Å². The van der Waals surface area contributed by atoms with Crippen molar-refractivity contribution in [3.05, 3.63) is 134 Å². The lowest BCUT2D eigenvalue weighted by Gasteiger charge is -2.09. The maximum absolute atomic E-state index is 2.37. The summed E-state index contributed by atoms with van der Waals surface area (Å²) in [6.45, 7) is 0. The fourth-order valence-corrected chi connectivity index (χ4v) is 5.21. The Morgan fingerprint density at radius 3 is 1.79 bits per heavy atom.